The van der Waals surface area contributed by atoms with Crippen LogP contribution in [0, 0.1) is 0 Å². The topological polar surface area (TPSA) is 39.2 Å². The molecule has 2 aromatic heterocycles. The standard InChI is InChI=1S/C19H10BrNO2/c20-14-8-4-9-15-18(14)23-19(21-15)13-7-3-6-12-11-5-1-2-10-16(11)22-17(12)13/h1-10H. The third-order valence-corrected chi connectivity index (χ3v) is 4.63. The van der Waals surface area contributed by atoms with Crippen molar-refractivity contribution in [1.29, 1.82) is 0 Å². The molecule has 5 aromatic rings. The van der Waals surface area contributed by atoms with Crippen LogP contribution >= 0.6 is 15.9 Å². The summed E-state index contributed by atoms with van der Waals surface area (Å²) < 4.78 is 12.9. The molecule has 110 valence electrons. The third-order valence-electron chi connectivity index (χ3n) is 4.00. The zero-order valence-corrected chi connectivity index (χ0v) is 13.5. The van der Waals surface area contributed by atoms with Gasteiger partial charge >= 0.3 is 0 Å². The molecule has 5 rings (SSSR count). The number of furan rings is 1. The van der Waals surface area contributed by atoms with Crippen molar-refractivity contribution in [3.8, 4) is 11.5 Å². The zero-order valence-electron chi connectivity index (χ0n) is 11.9. The largest absolute Gasteiger partial charge is 0.455 e. The number of benzene rings is 3. The fourth-order valence-corrected chi connectivity index (χ4v) is 3.38. The average Bonchev–Trinajstić information content (AvgIpc) is 3.16. The molecule has 3 nitrogen and oxygen atoms in total. The van der Waals surface area contributed by atoms with Crippen LogP contribution in [0.1, 0.15) is 0 Å². The molecule has 0 bridgehead atoms. The molecule has 0 saturated heterocycles. The van der Waals surface area contributed by atoms with Gasteiger partial charge in [0, 0.05) is 10.8 Å². The summed E-state index contributed by atoms with van der Waals surface area (Å²) in [6, 6.07) is 19.9. The number of hydrogen-bond donors (Lipinski definition) is 0. The maximum Gasteiger partial charge on any atom is 0.231 e. The molecule has 4 heteroatoms. The minimum absolute atomic E-state index is 0.566. The van der Waals surface area contributed by atoms with Crippen LogP contribution < -0.4 is 0 Å². The number of oxazole rings is 1. The highest BCUT2D eigenvalue weighted by Gasteiger charge is 2.16. The average molecular weight is 364 g/mol. The molecular formula is C19H10BrNO2. The molecule has 0 N–H and O–H groups in total. The first-order chi connectivity index (χ1) is 11.3. The smallest absolute Gasteiger partial charge is 0.231 e. The molecule has 0 aliphatic rings. The molecule has 3 aromatic carbocycles. The molecule has 0 unspecified atom stereocenters. The summed E-state index contributed by atoms with van der Waals surface area (Å²) in [6.07, 6.45) is 0. The summed E-state index contributed by atoms with van der Waals surface area (Å²) in [6.45, 7) is 0. The van der Waals surface area contributed by atoms with Crippen LogP contribution in [-0.4, -0.2) is 4.98 Å². The minimum atomic E-state index is 0.566. The van der Waals surface area contributed by atoms with Crippen molar-refractivity contribution in [2.24, 2.45) is 0 Å². The summed E-state index contributed by atoms with van der Waals surface area (Å²) >= 11 is 3.50. The minimum Gasteiger partial charge on any atom is -0.455 e. The number of aromatic nitrogens is 1. The quantitative estimate of drug-likeness (QED) is 0.358. The van der Waals surface area contributed by atoms with E-state index in [9.17, 15) is 0 Å². The van der Waals surface area contributed by atoms with Crippen LogP contribution in [0.5, 0.6) is 0 Å². The Morgan fingerprint density at radius 3 is 2.48 bits per heavy atom. The van der Waals surface area contributed by atoms with E-state index >= 15 is 0 Å². The maximum atomic E-state index is 6.05. The Kier molecular flexibility index (Phi) is 2.64. The summed E-state index contributed by atoms with van der Waals surface area (Å²) in [4.78, 5) is 4.61. The van der Waals surface area contributed by atoms with Crippen molar-refractivity contribution >= 4 is 49.0 Å². The molecule has 0 amide bonds. The van der Waals surface area contributed by atoms with Crippen molar-refractivity contribution in [2.45, 2.75) is 0 Å². The van der Waals surface area contributed by atoms with E-state index in [0.29, 0.717) is 5.89 Å². The summed E-state index contributed by atoms with van der Waals surface area (Å²) in [5.41, 5.74) is 4.10. The van der Waals surface area contributed by atoms with Crippen molar-refractivity contribution in [1.82, 2.24) is 4.98 Å². The molecule has 0 atom stereocenters. The van der Waals surface area contributed by atoms with Crippen molar-refractivity contribution in [3.05, 3.63) is 65.1 Å². The van der Waals surface area contributed by atoms with Gasteiger partial charge in [-0.05, 0) is 40.2 Å². The van der Waals surface area contributed by atoms with E-state index in [2.05, 4.69) is 33.0 Å². The van der Waals surface area contributed by atoms with Crippen LogP contribution in [0.15, 0.2) is 74.0 Å². The summed E-state index contributed by atoms with van der Waals surface area (Å²) in [5.74, 6) is 0.566. The van der Waals surface area contributed by atoms with Gasteiger partial charge in [-0.2, -0.15) is 0 Å². The zero-order chi connectivity index (χ0) is 15.4. The van der Waals surface area contributed by atoms with Gasteiger partial charge in [0.15, 0.2) is 5.58 Å². The van der Waals surface area contributed by atoms with Gasteiger partial charge in [-0.3, -0.25) is 0 Å². The fourth-order valence-electron chi connectivity index (χ4n) is 2.95. The van der Waals surface area contributed by atoms with E-state index in [1.807, 2.05) is 48.5 Å². The van der Waals surface area contributed by atoms with Crippen LogP contribution in [0.25, 0.3) is 44.5 Å². The highest BCUT2D eigenvalue weighted by atomic mass is 79.9. The second kappa shape index (κ2) is 4.70. The van der Waals surface area contributed by atoms with Gasteiger partial charge in [0.25, 0.3) is 0 Å². The molecule has 0 aliphatic heterocycles. The van der Waals surface area contributed by atoms with Gasteiger partial charge in [0.1, 0.15) is 16.7 Å². The van der Waals surface area contributed by atoms with Crippen LogP contribution in [-0.2, 0) is 0 Å². The molecule has 0 aliphatic carbocycles. The normalized spacial score (nSPS) is 11.7. The number of nitrogens with zero attached hydrogens (tertiary/aromatic N) is 1. The lowest BCUT2D eigenvalue weighted by Crippen LogP contribution is -1.77. The SMILES string of the molecule is Brc1cccc2nc(-c3cccc4c3oc3ccccc34)oc12. The Morgan fingerprint density at radius 2 is 1.57 bits per heavy atom. The van der Waals surface area contributed by atoms with E-state index < -0.39 is 0 Å². The first-order valence-electron chi connectivity index (χ1n) is 7.27. The van der Waals surface area contributed by atoms with E-state index in [0.717, 1.165) is 43.1 Å². The monoisotopic (exact) mass is 363 g/mol. The molecule has 0 saturated carbocycles. The Balaban J connectivity index is 1.86. The second-order valence-corrected chi connectivity index (χ2v) is 6.24. The highest BCUT2D eigenvalue weighted by Crippen LogP contribution is 2.37. The predicted molar refractivity (Wildman–Crippen MR) is 94.4 cm³/mol. The number of halogens is 1. The summed E-state index contributed by atoms with van der Waals surface area (Å²) in [5, 5.41) is 2.17. The molecule has 2 heterocycles. The highest BCUT2D eigenvalue weighted by molar-refractivity contribution is 9.10. The van der Waals surface area contributed by atoms with Crippen LogP contribution in [0.2, 0.25) is 0 Å². The van der Waals surface area contributed by atoms with Gasteiger partial charge in [-0.25, -0.2) is 4.98 Å². The first kappa shape index (κ1) is 12.9. The second-order valence-electron chi connectivity index (χ2n) is 5.39. The van der Waals surface area contributed by atoms with E-state index in [1.165, 1.54) is 0 Å². The number of fused-ring (bicyclic) bond motifs is 4. The van der Waals surface area contributed by atoms with E-state index in [-0.39, 0.29) is 0 Å². The lowest BCUT2D eigenvalue weighted by atomic mass is 10.1. The molecular weight excluding hydrogens is 354 g/mol. The van der Waals surface area contributed by atoms with Crippen molar-refractivity contribution in [2.75, 3.05) is 0 Å². The third kappa shape index (κ3) is 1.85. The lowest BCUT2D eigenvalue weighted by molar-refractivity contribution is 0.613. The Labute approximate surface area is 139 Å². The van der Waals surface area contributed by atoms with Gasteiger partial charge in [-0.15, -0.1) is 0 Å². The fraction of sp³-hybridized carbons (Fsp3) is 0. The predicted octanol–water partition coefficient (Wildman–Crippen LogP) is 6.16. The van der Waals surface area contributed by atoms with Gasteiger partial charge in [0.2, 0.25) is 5.89 Å². The van der Waals surface area contributed by atoms with Gasteiger partial charge in [0.05, 0.1) is 10.0 Å². The van der Waals surface area contributed by atoms with E-state index in [4.69, 9.17) is 8.83 Å². The van der Waals surface area contributed by atoms with Gasteiger partial charge < -0.3 is 8.83 Å². The number of para-hydroxylation sites is 3. The molecule has 0 spiro atoms. The Hall–Kier alpha value is -2.59. The molecule has 0 radical (unpaired) electrons. The number of hydrogen-bond acceptors (Lipinski definition) is 3. The van der Waals surface area contributed by atoms with E-state index in [1.54, 1.807) is 0 Å². The summed E-state index contributed by atoms with van der Waals surface area (Å²) in [7, 11) is 0. The molecule has 23 heavy (non-hydrogen) atoms. The molecule has 0 fully saturated rings. The van der Waals surface area contributed by atoms with Gasteiger partial charge in [-0.1, -0.05) is 36.4 Å². The van der Waals surface area contributed by atoms with Crippen LogP contribution in [0.4, 0.5) is 0 Å². The lowest BCUT2D eigenvalue weighted by Gasteiger charge is -1.96. The Bertz CT molecular complexity index is 1190. The first-order valence-corrected chi connectivity index (χ1v) is 8.06. The van der Waals surface area contributed by atoms with Crippen molar-refractivity contribution in [3.63, 3.8) is 0 Å². The van der Waals surface area contributed by atoms with Crippen molar-refractivity contribution < 1.29 is 8.83 Å². The number of rotatable bonds is 1. The Morgan fingerprint density at radius 1 is 0.739 bits per heavy atom. The maximum absolute atomic E-state index is 6.05. The van der Waals surface area contributed by atoms with Crippen LogP contribution in [0.3, 0.4) is 0 Å².